The van der Waals surface area contributed by atoms with E-state index in [1.54, 1.807) is 35.0 Å². The first-order valence-corrected chi connectivity index (χ1v) is 7.85. The van der Waals surface area contributed by atoms with Crippen molar-refractivity contribution >= 4 is 11.6 Å². The third-order valence-corrected chi connectivity index (χ3v) is 3.42. The average Bonchev–Trinajstić information content (AvgIpc) is 2.87. The smallest absolute Gasteiger partial charge is 0.224 e. The molecule has 0 atom stereocenters. The molecule has 0 saturated carbocycles. The lowest BCUT2D eigenvalue weighted by atomic mass is 10.3. The highest BCUT2D eigenvalue weighted by Gasteiger charge is 2.10. The van der Waals surface area contributed by atoms with Gasteiger partial charge in [-0.1, -0.05) is 0 Å². The molecule has 0 bridgehead atoms. The lowest BCUT2D eigenvalue weighted by Crippen LogP contribution is -2.06. The Hall–Kier alpha value is -3.22. The SMILES string of the molecule is CC(=O)Nc1ccc(Oc2cc(-n3nc(C)cc3C)nc(C)n2)cc1. The molecular weight excluding hydrogens is 318 g/mol. The fourth-order valence-corrected chi connectivity index (χ4v) is 2.48. The number of aryl methyl sites for hydroxylation is 3. The zero-order valence-electron chi connectivity index (χ0n) is 14.6. The topological polar surface area (TPSA) is 81.9 Å². The highest BCUT2D eigenvalue weighted by molar-refractivity contribution is 5.88. The number of carbonyl (C=O) groups excluding carboxylic acids is 1. The van der Waals surface area contributed by atoms with Gasteiger partial charge in [-0.3, -0.25) is 4.79 Å². The van der Waals surface area contributed by atoms with Crippen molar-refractivity contribution in [2.24, 2.45) is 0 Å². The Morgan fingerprint density at radius 3 is 2.40 bits per heavy atom. The normalized spacial score (nSPS) is 10.6. The van der Waals surface area contributed by atoms with Gasteiger partial charge in [0.2, 0.25) is 11.8 Å². The molecule has 0 spiro atoms. The first-order valence-electron chi connectivity index (χ1n) is 7.85. The minimum Gasteiger partial charge on any atom is -0.439 e. The van der Waals surface area contributed by atoms with Crippen LogP contribution in [0.2, 0.25) is 0 Å². The molecule has 1 amide bonds. The number of rotatable bonds is 4. The number of ether oxygens (including phenoxy) is 1. The third kappa shape index (κ3) is 4.00. The number of hydrogen-bond acceptors (Lipinski definition) is 5. The minimum atomic E-state index is -0.116. The molecule has 0 fully saturated rings. The van der Waals surface area contributed by atoms with Crippen LogP contribution in [0.4, 0.5) is 5.69 Å². The van der Waals surface area contributed by atoms with Crippen molar-refractivity contribution in [1.82, 2.24) is 19.7 Å². The van der Waals surface area contributed by atoms with Crippen LogP contribution in [0.3, 0.4) is 0 Å². The molecule has 0 radical (unpaired) electrons. The Kier molecular flexibility index (Phi) is 4.47. The Balaban J connectivity index is 1.85. The molecule has 7 heteroatoms. The van der Waals surface area contributed by atoms with Gasteiger partial charge in [0, 0.05) is 24.4 Å². The van der Waals surface area contributed by atoms with Crippen LogP contribution in [0.15, 0.2) is 36.4 Å². The van der Waals surface area contributed by atoms with E-state index in [1.807, 2.05) is 26.8 Å². The Morgan fingerprint density at radius 2 is 1.80 bits per heavy atom. The number of amides is 1. The Bertz CT molecular complexity index is 916. The zero-order chi connectivity index (χ0) is 18.0. The second-order valence-electron chi connectivity index (χ2n) is 5.76. The lowest BCUT2D eigenvalue weighted by molar-refractivity contribution is -0.114. The van der Waals surface area contributed by atoms with E-state index >= 15 is 0 Å². The molecule has 0 aliphatic carbocycles. The van der Waals surface area contributed by atoms with E-state index in [2.05, 4.69) is 20.4 Å². The van der Waals surface area contributed by atoms with E-state index < -0.39 is 0 Å². The monoisotopic (exact) mass is 337 g/mol. The van der Waals surface area contributed by atoms with Crippen LogP contribution in [0.5, 0.6) is 11.6 Å². The summed E-state index contributed by atoms with van der Waals surface area (Å²) in [6.45, 7) is 7.18. The van der Waals surface area contributed by atoms with Crippen LogP contribution >= 0.6 is 0 Å². The summed E-state index contributed by atoms with van der Waals surface area (Å²) < 4.78 is 7.58. The number of aromatic nitrogens is 4. The lowest BCUT2D eigenvalue weighted by Gasteiger charge is -2.09. The Labute approximate surface area is 145 Å². The molecule has 2 heterocycles. The zero-order valence-corrected chi connectivity index (χ0v) is 14.6. The second kappa shape index (κ2) is 6.72. The average molecular weight is 337 g/mol. The van der Waals surface area contributed by atoms with Gasteiger partial charge in [0.15, 0.2) is 5.82 Å². The minimum absolute atomic E-state index is 0.116. The number of hydrogen-bond donors (Lipinski definition) is 1. The van der Waals surface area contributed by atoms with Gasteiger partial charge >= 0.3 is 0 Å². The van der Waals surface area contributed by atoms with E-state index in [-0.39, 0.29) is 5.91 Å². The predicted octanol–water partition coefficient (Wildman–Crippen LogP) is 3.34. The van der Waals surface area contributed by atoms with Crippen LogP contribution in [-0.2, 0) is 4.79 Å². The molecule has 0 saturated heterocycles. The van der Waals surface area contributed by atoms with E-state index in [1.165, 1.54) is 6.92 Å². The van der Waals surface area contributed by atoms with Crippen molar-refractivity contribution in [2.75, 3.05) is 5.32 Å². The Morgan fingerprint density at radius 1 is 1.08 bits per heavy atom. The van der Waals surface area contributed by atoms with Gasteiger partial charge in [0.05, 0.1) is 5.69 Å². The van der Waals surface area contributed by atoms with Crippen molar-refractivity contribution < 1.29 is 9.53 Å². The molecule has 2 aromatic heterocycles. The molecule has 25 heavy (non-hydrogen) atoms. The third-order valence-electron chi connectivity index (χ3n) is 3.42. The van der Waals surface area contributed by atoms with Crippen molar-refractivity contribution in [2.45, 2.75) is 27.7 Å². The molecular formula is C18H19N5O2. The van der Waals surface area contributed by atoms with Gasteiger partial charge < -0.3 is 10.1 Å². The summed E-state index contributed by atoms with van der Waals surface area (Å²) >= 11 is 0. The molecule has 128 valence electrons. The van der Waals surface area contributed by atoms with E-state index in [9.17, 15) is 4.79 Å². The summed E-state index contributed by atoms with van der Waals surface area (Å²) in [5.41, 5.74) is 2.62. The van der Waals surface area contributed by atoms with Crippen molar-refractivity contribution in [1.29, 1.82) is 0 Å². The number of nitrogens with one attached hydrogen (secondary N) is 1. The summed E-state index contributed by atoms with van der Waals surface area (Å²) in [5, 5.41) is 7.15. The first kappa shape index (κ1) is 16.6. The number of benzene rings is 1. The summed E-state index contributed by atoms with van der Waals surface area (Å²) in [4.78, 5) is 19.8. The maximum atomic E-state index is 11.1. The van der Waals surface area contributed by atoms with Gasteiger partial charge in [-0.15, -0.1) is 0 Å². The fourth-order valence-electron chi connectivity index (χ4n) is 2.48. The van der Waals surface area contributed by atoms with Crippen LogP contribution in [-0.4, -0.2) is 25.7 Å². The molecule has 0 aliphatic heterocycles. The van der Waals surface area contributed by atoms with Gasteiger partial charge in [-0.25, -0.2) is 9.67 Å². The van der Waals surface area contributed by atoms with Gasteiger partial charge in [-0.05, 0) is 51.1 Å². The summed E-state index contributed by atoms with van der Waals surface area (Å²) in [7, 11) is 0. The van der Waals surface area contributed by atoms with E-state index in [0.29, 0.717) is 29.0 Å². The van der Waals surface area contributed by atoms with Crippen molar-refractivity contribution in [3.8, 4) is 17.4 Å². The van der Waals surface area contributed by atoms with Crippen molar-refractivity contribution in [3.63, 3.8) is 0 Å². The van der Waals surface area contributed by atoms with Gasteiger partial charge in [0.1, 0.15) is 11.6 Å². The highest BCUT2D eigenvalue weighted by atomic mass is 16.5. The second-order valence-corrected chi connectivity index (χ2v) is 5.76. The molecule has 0 unspecified atom stereocenters. The van der Waals surface area contributed by atoms with Crippen molar-refractivity contribution in [3.05, 3.63) is 53.6 Å². The molecule has 0 aliphatic rings. The highest BCUT2D eigenvalue weighted by Crippen LogP contribution is 2.23. The van der Waals surface area contributed by atoms with E-state index in [4.69, 9.17) is 4.74 Å². The van der Waals surface area contributed by atoms with Crippen LogP contribution in [0, 0.1) is 20.8 Å². The number of carbonyl (C=O) groups is 1. The maximum absolute atomic E-state index is 11.1. The van der Waals surface area contributed by atoms with Gasteiger partial charge in [-0.2, -0.15) is 10.1 Å². The predicted molar refractivity (Wildman–Crippen MR) is 94.2 cm³/mol. The summed E-state index contributed by atoms with van der Waals surface area (Å²) in [5.74, 6) is 2.18. The number of anilines is 1. The largest absolute Gasteiger partial charge is 0.439 e. The quantitative estimate of drug-likeness (QED) is 0.789. The fraction of sp³-hybridized carbons (Fsp3) is 0.222. The van der Waals surface area contributed by atoms with Crippen LogP contribution < -0.4 is 10.1 Å². The first-order chi connectivity index (χ1) is 11.9. The van der Waals surface area contributed by atoms with Crippen LogP contribution in [0.25, 0.3) is 5.82 Å². The molecule has 1 aromatic carbocycles. The van der Waals surface area contributed by atoms with Crippen LogP contribution in [0.1, 0.15) is 24.1 Å². The molecule has 3 aromatic rings. The molecule has 3 rings (SSSR count). The number of nitrogens with zero attached hydrogens (tertiary/aromatic N) is 4. The molecule has 1 N–H and O–H groups in total. The maximum Gasteiger partial charge on any atom is 0.224 e. The summed E-state index contributed by atoms with van der Waals surface area (Å²) in [6, 6.07) is 10.8. The standard InChI is InChI=1S/C18H19N5O2/c1-11-9-12(2)23(22-11)17-10-18(20-13(3)19-17)25-16-7-5-15(6-8-16)21-14(4)24/h5-10H,1-4H3,(H,21,24). The molecule has 7 nitrogen and oxygen atoms in total. The summed E-state index contributed by atoms with van der Waals surface area (Å²) in [6.07, 6.45) is 0. The van der Waals surface area contributed by atoms with Gasteiger partial charge in [0.25, 0.3) is 0 Å². The van der Waals surface area contributed by atoms with E-state index in [0.717, 1.165) is 11.4 Å².